The Morgan fingerprint density at radius 1 is 0.600 bits per heavy atom. The third kappa shape index (κ3) is 17.0. The summed E-state index contributed by atoms with van der Waals surface area (Å²) in [4.78, 5) is 0. The molecule has 4 heteroatoms. The van der Waals surface area contributed by atoms with Gasteiger partial charge in [0, 0.05) is 0 Å². The molecule has 0 aliphatic carbocycles. The van der Waals surface area contributed by atoms with E-state index in [0.717, 1.165) is 11.5 Å². The Hall–Kier alpha value is 2.70. The van der Waals surface area contributed by atoms with Crippen LogP contribution in [0.4, 0.5) is 0 Å². The maximum absolute atomic E-state index is 4.78. The van der Waals surface area contributed by atoms with E-state index in [0.29, 0.717) is 0 Å². The second-order valence-corrected chi connectivity index (χ2v) is 2.64. The summed E-state index contributed by atoms with van der Waals surface area (Å²) in [6, 6.07) is 0. The van der Waals surface area contributed by atoms with Gasteiger partial charge in [-0.1, -0.05) is 25.7 Å². The summed E-state index contributed by atoms with van der Waals surface area (Å²) in [6.07, 6.45) is 4.95. The van der Waals surface area contributed by atoms with Crippen molar-refractivity contribution in [1.29, 1.82) is 0 Å². The Kier molecular flexibility index (Phi) is 32.7. The van der Waals surface area contributed by atoms with Gasteiger partial charge in [-0.25, -0.2) is 0 Å². The van der Waals surface area contributed by atoms with Gasteiger partial charge in [-0.3, -0.25) is 0 Å². The fourth-order valence-electron chi connectivity index (χ4n) is 0.558. The van der Waals surface area contributed by atoms with Crippen LogP contribution in [0.15, 0.2) is 0 Å². The third-order valence-corrected chi connectivity index (χ3v) is 1.62. The van der Waals surface area contributed by atoms with E-state index in [1.807, 2.05) is 0 Å². The molecule has 0 atom stereocenters. The van der Waals surface area contributed by atoms with Gasteiger partial charge in [0.05, 0.1) is 0 Å². The third-order valence-electron chi connectivity index (χ3n) is 1.04. The van der Waals surface area contributed by atoms with E-state index in [4.69, 9.17) is 25.3 Å². The maximum atomic E-state index is 4.78. The van der Waals surface area contributed by atoms with E-state index in [9.17, 15) is 0 Å². The maximum Gasteiger partial charge on any atom is 1.00 e. The average Bonchev–Trinajstić information content (AvgIpc) is 1.81. The standard InChI is InChI=1S/C6H14S2.2Na/c7-5-3-1-2-4-6-8;;/h7-8H,1-6H2;;/q;2*+1/p-2. The molecule has 0 N–H and O–H groups in total. The van der Waals surface area contributed by atoms with Crippen LogP contribution in [0.25, 0.3) is 0 Å². The van der Waals surface area contributed by atoms with Crippen LogP contribution < -0.4 is 59.1 Å². The molecule has 10 heavy (non-hydrogen) atoms. The first kappa shape index (κ1) is 18.5. The number of rotatable bonds is 5. The summed E-state index contributed by atoms with van der Waals surface area (Å²) < 4.78 is 0. The van der Waals surface area contributed by atoms with Crippen LogP contribution in [0.1, 0.15) is 25.7 Å². The van der Waals surface area contributed by atoms with Crippen molar-refractivity contribution in [3.63, 3.8) is 0 Å². The zero-order valence-corrected chi connectivity index (χ0v) is 12.7. The van der Waals surface area contributed by atoms with Crippen LogP contribution in [-0.2, 0) is 25.3 Å². The summed E-state index contributed by atoms with van der Waals surface area (Å²) in [6.45, 7) is 0. The SMILES string of the molecule is [Na+].[Na+].[S-]CCCCCC[S-]. The van der Waals surface area contributed by atoms with Crippen molar-refractivity contribution >= 4 is 25.3 Å². The van der Waals surface area contributed by atoms with Crippen molar-refractivity contribution in [1.82, 2.24) is 0 Å². The minimum atomic E-state index is 0. The number of hydrogen-bond acceptors (Lipinski definition) is 2. The van der Waals surface area contributed by atoms with Crippen molar-refractivity contribution in [3.05, 3.63) is 0 Å². The molecule has 50 valence electrons. The second-order valence-electron chi connectivity index (χ2n) is 1.82. The average molecular weight is 194 g/mol. The Balaban J connectivity index is -0.000000245. The number of unbranched alkanes of at least 4 members (excludes halogenated alkanes) is 3. The van der Waals surface area contributed by atoms with Crippen LogP contribution >= 0.6 is 0 Å². The van der Waals surface area contributed by atoms with Gasteiger partial charge in [-0.15, -0.1) is 0 Å². The molecule has 0 spiro atoms. The molecule has 0 amide bonds. The summed E-state index contributed by atoms with van der Waals surface area (Å²) in [5.41, 5.74) is 0. The normalized spacial score (nSPS) is 7.80. The zero-order valence-electron chi connectivity index (χ0n) is 7.06. The first-order valence-electron chi connectivity index (χ1n) is 3.08. The minimum Gasteiger partial charge on any atom is -0.793 e. The smallest absolute Gasteiger partial charge is 0.793 e. The largest absolute Gasteiger partial charge is 1.00 e. The van der Waals surface area contributed by atoms with Gasteiger partial charge in [0.1, 0.15) is 0 Å². The molecular weight excluding hydrogens is 182 g/mol. The van der Waals surface area contributed by atoms with E-state index in [2.05, 4.69) is 0 Å². The molecule has 0 nitrogen and oxygen atoms in total. The van der Waals surface area contributed by atoms with Gasteiger partial charge in [-0.05, 0) is 0 Å². The van der Waals surface area contributed by atoms with Crippen LogP contribution in [0.5, 0.6) is 0 Å². The molecule has 0 aliphatic rings. The Bertz CT molecular complexity index is 38.7. The van der Waals surface area contributed by atoms with Gasteiger partial charge in [0.2, 0.25) is 0 Å². The number of hydrogen-bond donors (Lipinski definition) is 0. The van der Waals surface area contributed by atoms with E-state index >= 15 is 0 Å². The van der Waals surface area contributed by atoms with Crippen molar-refractivity contribution in [2.75, 3.05) is 11.5 Å². The van der Waals surface area contributed by atoms with Gasteiger partial charge in [0.15, 0.2) is 0 Å². The molecule has 0 heterocycles. The Morgan fingerprint density at radius 2 is 0.900 bits per heavy atom. The first-order chi connectivity index (χ1) is 3.91. The zero-order chi connectivity index (χ0) is 6.24. The molecule has 0 saturated carbocycles. The molecule has 0 radical (unpaired) electrons. The van der Waals surface area contributed by atoms with Crippen molar-refractivity contribution in [2.24, 2.45) is 0 Å². The Morgan fingerprint density at radius 3 is 1.10 bits per heavy atom. The molecule has 0 aromatic heterocycles. The molecule has 0 aliphatic heterocycles. The van der Waals surface area contributed by atoms with Crippen LogP contribution in [0, 0.1) is 0 Å². The molecule has 0 aromatic carbocycles. The molecule has 0 rings (SSSR count). The van der Waals surface area contributed by atoms with Crippen molar-refractivity contribution < 1.29 is 59.1 Å². The molecular formula is C6H12Na2S2. The summed E-state index contributed by atoms with van der Waals surface area (Å²) >= 11 is 9.55. The Labute approximate surface area is 120 Å². The van der Waals surface area contributed by atoms with Crippen molar-refractivity contribution in [3.8, 4) is 0 Å². The molecule has 0 fully saturated rings. The van der Waals surface area contributed by atoms with E-state index in [1.165, 1.54) is 25.7 Å². The second kappa shape index (κ2) is 17.7. The predicted octanol–water partition coefficient (Wildman–Crippen LogP) is -4.35. The van der Waals surface area contributed by atoms with E-state index in [1.54, 1.807) is 0 Å². The minimum absolute atomic E-state index is 0. The van der Waals surface area contributed by atoms with Crippen LogP contribution in [0.3, 0.4) is 0 Å². The fourth-order valence-corrected chi connectivity index (χ4v) is 0.966. The molecule has 0 bridgehead atoms. The van der Waals surface area contributed by atoms with Crippen molar-refractivity contribution in [2.45, 2.75) is 25.7 Å². The van der Waals surface area contributed by atoms with Gasteiger partial charge in [0.25, 0.3) is 0 Å². The van der Waals surface area contributed by atoms with E-state index in [-0.39, 0.29) is 59.1 Å². The molecule has 0 aromatic rings. The predicted molar refractivity (Wildman–Crippen MR) is 42.9 cm³/mol. The first-order valence-corrected chi connectivity index (χ1v) is 4.23. The summed E-state index contributed by atoms with van der Waals surface area (Å²) in [5.74, 6) is 1.83. The summed E-state index contributed by atoms with van der Waals surface area (Å²) in [7, 11) is 0. The topological polar surface area (TPSA) is 0 Å². The fraction of sp³-hybridized carbons (Fsp3) is 1.00. The van der Waals surface area contributed by atoms with Gasteiger partial charge >= 0.3 is 59.1 Å². The van der Waals surface area contributed by atoms with Crippen LogP contribution in [0.2, 0.25) is 0 Å². The summed E-state index contributed by atoms with van der Waals surface area (Å²) in [5, 5.41) is 0. The monoisotopic (exact) mass is 194 g/mol. The van der Waals surface area contributed by atoms with Crippen LogP contribution in [-0.4, -0.2) is 11.5 Å². The molecule has 0 saturated heterocycles. The quantitative estimate of drug-likeness (QED) is 0.246. The molecule has 0 unspecified atom stereocenters. The van der Waals surface area contributed by atoms with E-state index < -0.39 is 0 Å². The van der Waals surface area contributed by atoms with Gasteiger partial charge < -0.3 is 25.3 Å². The van der Waals surface area contributed by atoms with Gasteiger partial charge in [-0.2, -0.15) is 11.5 Å².